The molecular weight excluding hydrogens is 281 g/mol. The van der Waals surface area contributed by atoms with Crippen molar-refractivity contribution in [3.63, 3.8) is 0 Å². The van der Waals surface area contributed by atoms with Crippen molar-refractivity contribution >= 4 is 48.9 Å². The van der Waals surface area contributed by atoms with Gasteiger partial charge in [0.2, 0.25) is 0 Å². The van der Waals surface area contributed by atoms with E-state index in [2.05, 4.69) is 48.5 Å². The van der Waals surface area contributed by atoms with E-state index in [0.717, 1.165) is 0 Å². The molecule has 2 aromatic carbocycles. The van der Waals surface area contributed by atoms with Gasteiger partial charge in [0.25, 0.3) is 0 Å². The number of hydrogen-bond donors (Lipinski definition) is 0. The predicted octanol–water partition coefficient (Wildman–Crippen LogP) is 2.44. The normalized spacial score (nSPS) is 8.92. The molecule has 0 unspecified atom stereocenters. The first-order chi connectivity index (χ1) is 5.97. The van der Waals surface area contributed by atoms with Crippen LogP contribution in [0.15, 0.2) is 60.7 Å². The van der Waals surface area contributed by atoms with E-state index in [9.17, 15) is 0 Å². The van der Waals surface area contributed by atoms with Crippen LogP contribution in [0.1, 0.15) is 0 Å². The molecule has 1 heteroatoms. The summed E-state index contributed by atoms with van der Waals surface area (Å²) in [5.41, 5.74) is 2.55. The fraction of sp³-hybridized carbons (Fsp3) is 0. The van der Waals surface area contributed by atoms with Crippen LogP contribution in [-0.4, -0.2) is 48.9 Å². The first kappa shape index (κ1) is 11.1. The SMILES string of the molecule is [BaH2].c1ccc(-c2ccccc2)cc1. The van der Waals surface area contributed by atoms with Gasteiger partial charge in [0.05, 0.1) is 0 Å². The molecule has 0 aliphatic carbocycles. The molecule has 2 rings (SSSR count). The standard InChI is InChI=1S/C12H10.Ba.2H/c1-3-7-11(8-4-1)12-9-5-2-6-10-12;;;/h1-10H;;;. The van der Waals surface area contributed by atoms with Crippen LogP contribution >= 0.6 is 0 Å². The van der Waals surface area contributed by atoms with Crippen molar-refractivity contribution in [2.24, 2.45) is 0 Å². The third-order valence-electron chi connectivity index (χ3n) is 1.88. The second kappa shape index (κ2) is 5.68. The third-order valence-corrected chi connectivity index (χ3v) is 1.88. The maximum absolute atomic E-state index is 2.12. The zero-order valence-corrected chi connectivity index (χ0v) is 6.77. The average molecular weight is 294 g/mol. The molecule has 0 heterocycles. The minimum Gasteiger partial charge on any atom is -0.0622 e. The molecule has 0 saturated carbocycles. The Labute approximate surface area is 119 Å². The van der Waals surface area contributed by atoms with Crippen molar-refractivity contribution in [3.05, 3.63) is 60.7 Å². The second-order valence-electron chi connectivity index (χ2n) is 2.73. The van der Waals surface area contributed by atoms with Gasteiger partial charge in [-0.2, -0.15) is 0 Å². The minimum absolute atomic E-state index is 0. The average Bonchev–Trinajstić information content (AvgIpc) is 2.21. The van der Waals surface area contributed by atoms with Crippen LogP contribution < -0.4 is 0 Å². The van der Waals surface area contributed by atoms with Crippen LogP contribution in [0.2, 0.25) is 0 Å². The van der Waals surface area contributed by atoms with Gasteiger partial charge in [-0.1, -0.05) is 60.7 Å². The molecule has 0 aliphatic rings. The Hall–Kier alpha value is 0.0114. The summed E-state index contributed by atoms with van der Waals surface area (Å²) in [7, 11) is 0. The van der Waals surface area contributed by atoms with Crippen molar-refractivity contribution < 1.29 is 0 Å². The van der Waals surface area contributed by atoms with E-state index in [1.54, 1.807) is 0 Å². The molecule has 62 valence electrons. The van der Waals surface area contributed by atoms with Gasteiger partial charge in [0.15, 0.2) is 0 Å². The van der Waals surface area contributed by atoms with Crippen LogP contribution in [0, 0.1) is 0 Å². The molecule has 0 bridgehead atoms. The Morgan fingerprint density at radius 3 is 1.08 bits per heavy atom. The molecule has 0 saturated heterocycles. The molecule has 2 aromatic rings. The molecule has 0 nitrogen and oxygen atoms in total. The smallest absolute Gasteiger partial charge is 0.0184 e. The Morgan fingerprint density at radius 1 is 0.462 bits per heavy atom. The minimum atomic E-state index is 0. The summed E-state index contributed by atoms with van der Waals surface area (Å²) >= 11 is 0. The molecule has 0 radical (unpaired) electrons. The largest absolute Gasteiger partial charge is 0.0622 e. The maximum Gasteiger partial charge on any atom is -0.0184 e. The fourth-order valence-electron chi connectivity index (χ4n) is 1.26. The van der Waals surface area contributed by atoms with Crippen LogP contribution in [0.3, 0.4) is 0 Å². The van der Waals surface area contributed by atoms with Crippen LogP contribution in [0.5, 0.6) is 0 Å². The van der Waals surface area contributed by atoms with E-state index in [0.29, 0.717) is 0 Å². The molecule has 0 aromatic heterocycles. The van der Waals surface area contributed by atoms with E-state index >= 15 is 0 Å². The van der Waals surface area contributed by atoms with Gasteiger partial charge >= 0.3 is 48.9 Å². The molecule has 0 atom stereocenters. The Kier molecular flexibility index (Phi) is 4.85. The van der Waals surface area contributed by atoms with Crippen LogP contribution in [0.25, 0.3) is 11.1 Å². The zero-order valence-electron chi connectivity index (χ0n) is 6.77. The van der Waals surface area contributed by atoms with Crippen molar-refractivity contribution in [1.29, 1.82) is 0 Å². The molecule has 0 N–H and O–H groups in total. The molecule has 0 fully saturated rings. The van der Waals surface area contributed by atoms with Crippen LogP contribution in [0.4, 0.5) is 0 Å². The van der Waals surface area contributed by atoms with E-state index in [4.69, 9.17) is 0 Å². The van der Waals surface area contributed by atoms with Gasteiger partial charge in [-0.05, 0) is 11.1 Å². The number of benzene rings is 2. The predicted molar refractivity (Wildman–Crippen MR) is 60.4 cm³/mol. The molecule has 0 aliphatic heterocycles. The first-order valence-corrected chi connectivity index (χ1v) is 4.07. The first-order valence-electron chi connectivity index (χ1n) is 4.07. The van der Waals surface area contributed by atoms with Gasteiger partial charge in [-0.3, -0.25) is 0 Å². The van der Waals surface area contributed by atoms with Crippen molar-refractivity contribution in [2.45, 2.75) is 0 Å². The molecule has 0 spiro atoms. The summed E-state index contributed by atoms with van der Waals surface area (Å²) < 4.78 is 0. The van der Waals surface area contributed by atoms with Gasteiger partial charge in [0, 0.05) is 0 Å². The van der Waals surface area contributed by atoms with Crippen molar-refractivity contribution in [2.75, 3.05) is 0 Å². The number of rotatable bonds is 1. The van der Waals surface area contributed by atoms with E-state index in [1.807, 2.05) is 12.1 Å². The van der Waals surface area contributed by atoms with Crippen LogP contribution in [-0.2, 0) is 0 Å². The topological polar surface area (TPSA) is 0 Å². The van der Waals surface area contributed by atoms with Crippen molar-refractivity contribution in [3.8, 4) is 11.1 Å². The molecular formula is C12H12Ba. The summed E-state index contributed by atoms with van der Waals surface area (Å²) in [5.74, 6) is 0. The molecule has 13 heavy (non-hydrogen) atoms. The summed E-state index contributed by atoms with van der Waals surface area (Å²) in [5, 5.41) is 0. The van der Waals surface area contributed by atoms with Gasteiger partial charge in [-0.15, -0.1) is 0 Å². The Balaban J connectivity index is 0.000000845. The summed E-state index contributed by atoms with van der Waals surface area (Å²) in [4.78, 5) is 0. The van der Waals surface area contributed by atoms with Crippen molar-refractivity contribution in [1.82, 2.24) is 0 Å². The second-order valence-corrected chi connectivity index (χ2v) is 2.73. The van der Waals surface area contributed by atoms with E-state index in [-0.39, 0.29) is 48.9 Å². The zero-order chi connectivity index (χ0) is 8.23. The third kappa shape index (κ3) is 3.01. The molecule has 0 amide bonds. The monoisotopic (exact) mass is 294 g/mol. The van der Waals surface area contributed by atoms with Gasteiger partial charge < -0.3 is 0 Å². The quantitative estimate of drug-likeness (QED) is 0.709. The maximum atomic E-state index is 2.12. The number of hydrogen-bond acceptors (Lipinski definition) is 0. The van der Waals surface area contributed by atoms with Gasteiger partial charge in [0.1, 0.15) is 0 Å². The summed E-state index contributed by atoms with van der Waals surface area (Å²) in [6.07, 6.45) is 0. The van der Waals surface area contributed by atoms with Gasteiger partial charge in [-0.25, -0.2) is 0 Å². The Morgan fingerprint density at radius 2 is 0.769 bits per heavy atom. The fourth-order valence-corrected chi connectivity index (χ4v) is 1.26. The Bertz CT molecular complexity index is 303. The summed E-state index contributed by atoms with van der Waals surface area (Å²) in [6, 6.07) is 20.8. The van der Waals surface area contributed by atoms with E-state index < -0.39 is 0 Å². The van der Waals surface area contributed by atoms with E-state index in [1.165, 1.54) is 11.1 Å². The summed E-state index contributed by atoms with van der Waals surface area (Å²) in [6.45, 7) is 0.